The summed E-state index contributed by atoms with van der Waals surface area (Å²) in [4.78, 5) is 50.6. The van der Waals surface area contributed by atoms with E-state index >= 15 is 0 Å². The zero-order valence-corrected chi connectivity index (χ0v) is 19.8. The van der Waals surface area contributed by atoms with E-state index in [4.69, 9.17) is 10.2 Å². The van der Waals surface area contributed by atoms with Gasteiger partial charge in [-0.25, -0.2) is 0 Å². The highest BCUT2D eigenvalue weighted by atomic mass is 32.1. The summed E-state index contributed by atoms with van der Waals surface area (Å²) in [6, 6.07) is 11.1. The Labute approximate surface area is 202 Å². The molecule has 0 spiro atoms. The van der Waals surface area contributed by atoms with Crippen molar-refractivity contribution in [2.24, 2.45) is 5.92 Å². The van der Waals surface area contributed by atoms with Gasteiger partial charge in [0, 0.05) is 37.2 Å². The molecule has 2 heterocycles. The normalized spacial score (nSPS) is 16.6. The summed E-state index contributed by atoms with van der Waals surface area (Å²) in [5, 5.41) is 22.9. The third-order valence-corrected chi connectivity index (χ3v) is 6.89. The minimum absolute atomic E-state index is 0.00445. The summed E-state index contributed by atoms with van der Waals surface area (Å²) in [6.07, 6.45) is 1.83. The summed E-state index contributed by atoms with van der Waals surface area (Å²) in [5.41, 5.74) is 2.11. The van der Waals surface area contributed by atoms with E-state index in [0.29, 0.717) is 25.9 Å². The molecular formula is C25H30N2O6S. The molecule has 1 aliphatic heterocycles. The lowest BCUT2D eigenvalue weighted by molar-refractivity contribution is -0.143. The van der Waals surface area contributed by atoms with Gasteiger partial charge in [-0.05, 0) is 54.2 Å². The Bertz CT molecular complexity index is 989. The highest BCUT2D eigenvalue weighted by molar-refractivity contribution is 7.13. The van der Waals surface area contributed by atoms with Crippen molar-refractivity contribution in [2.45, 2.75) is 51.0 Å². The molecule has 1 aromatic carbocycles. The van der Waals surface area contributed by atoms with Gasteiger partial charge in [0.05, 0.1) is 0 Å². The average Bonchev–Trinajstić information content (AvgIpc) is 3.35. The van der Waals surface area contributed by atoms with E-state index in [1.165, 1.54) is 4.88 Å². The quantitative estimate of drug-likeness (QED) is 0.447. The highest BCUT2D eigenvalue weighted by Gasteiger charge is 2.31. The standard InChI is InChI=1S/C25H30N2O6S/c28-22(11-7-17-5-8-19(9-6-17)21-4-2-14-34-21)26-20(10-12-23(29)30)25(33)27-13-1-3-18(16-27)15-24(31)32/h2,4-6,8-9,14,18,20H,1,3,7,10-13,15-16H2,(H,26,28)(H,29,30)(H,31,32)/t18-,20-/m0/s1. The number of likely N-dealkylation sites (tertiary alicyclic amines) is 1. The summed E-state index contributed by atoms with van der Waals surface area (Å²) in [6.45, 7) is 0.784. The Balaban J connectivity index is 1.56. The van der Waals surface area contributed by atoms with Gasteiger partial charge in [0.15, 0.2) is 0 Å². The molecule has 2 amide bonds. The SMILES string of the molecule is O=C(O)CC[C@H](NC(=O)CCc1ccc(-c2cccs2)cc1)C(=O)N1CCC[C@@H](CC(=O)O)C1. The van der Waals surface area contributed by atoms with Crippen LogP contribution in [-0.4, -0.2) is 58.0 Å². The number of benzene rings is 1. The number of rotatable bonds is 11. The van der Waals surface area contributed by atoms with Crippen LogP contribution in [0.5, 0.6) is 0 Å². The van der Waals surface area contributed by atoms with Crippen molar-refractivity contribution >= 4 is 35.1 Å². The summed E-state index contributed by atoms with van der Waals surface area (Å²) < 4.78 is 0. The van der Waals surface area contributed by atoms with Gasteiger partial charge in [-0.3, -0.25) is 19.2 Å². The first-order valence-corrected chi connectivity index (χ1v) is 12.3. The van der Waals surface area contributed by atoms with Crippen molar-refractivity contribution in [3.8, 4) is 10.4 Å². The monoisotopic (exact) mass is 486 g/mol. The first kappa shape index (κ1) is 25.4. The molecule has 0 bridgehead atoms. The molecule has 1 aliphatic rings. The summed E-state index contributed by atoms with van der Waals surface area (Å²) >= 11 is 1.66. The summed E-state index contributed by atoms with van der Waals surface area (Å²) in [7, 11) is 0. The molecule has 0 unspecified atom stereocenters. The van der Waals surface area contributed by atoms with Crippen LogP contribution in [0.25, 0.3) is 10.4 Å². The Morgan fingerprint density at radius 3 is 2.47 bits per heavy atom. The summed E-state index contributed by atoms with van der Waals surface area (Å²) in [5.74, 6) is -2.74. The number of piperidine rings is 1. The fourth-order valence-corrected chi connectivity index (χ4v) is 4.96. The number of amides is 2. The van der Waals surface area contributed by atoms with Crippen LogP contribution in [0.2, 0.25) is 0 Å². The van der Waals surface area contributed by atoms with Crippen molar-refractivity contribution < 1.29 is 29.4 Å². The first-order chi connectivity index (χ1) is 16.3. The van der Waals surface area contributed by atoms with Gasteiger partial charge in [-0.15, -0.1) is 11.3 Å². The number of carbonyl (C=O) groups excluding carboxylic acids is 2. The van der Waals surface area contributed by atoms with Crippen molar-refractivity contribution in [3.63, 3.8) is 0 Å². The third-order valence-electron chi connectivity index (χ3n) is 5.97. The number of aliphatic carboxylic acids is 2. The second kappa shape index (κ2) is 12.3. The molecule has 0 radical (unpaired) electrons. The van der Waals surface area contributed by atoms with Gasteiger partial charge in [-0.1, -0.05) is 30.3 Å². The van der Waals surface area contributed by atoms with Gasteiger partial charge in [0.2, 0.25) is 11.8 Å². The number of aryl methyl sites for hydroxylation is 1. The van der Waals surface area contributed by atoms with Crippen LogP contribution in [0, 0.1) is 5.92 Å². The van der Waals surface area contributed by atoms with E-state index in [0.717, 1.165) is 17.5 Å². The fourth-order valence-electron chi connectivity index (χ4n) is 4.23. The molecule has 9 heteroatoms. The number of thiophene rings is 1. The maximum atomic E-state index is 13.1. The molecule has 3 N–H and O–H groups in total. The van der Waals surface area contributed by atoms with E-state index in [1.807, 2.05) is 41.8 Å². The van der Waals surface area contributed by atoms with Crippen molar-refractivity contribution in [3.05, 3.63) is 47.3 Å². The molecular weight excluding hydrogens is 456 g/mol. The van der Waals surface area contributed by atoms with Crippen LogP contribution < -0.4 is 5.32 Å². The molecule has 3 rings (SSSR count). The molecule has 8 nitrogen and oxygen atoms in total. The van der Waals surface area contributed by atoms with Gasteiger partial charge < -0.3 is 20.4 Å². The van der Waals surface area contributed by atoms with E-state index in [9.17, 15) is 19.2 Å². The largest absolute Gasteiger partial charge is 0.481 e. The minimum atomic E-state index is -1.04. The van der Waals surface area contributed by atoms with Crippen LogP contribution in [-0.2, 0) is 25.6 Å². The maximum Gasteiger partial charge on any atom is 0.303 e. The number of carbonyl (C=O) groups is 4. The zero-order valence-electron chi connectivity index (χ0n) is 18.9. The van der Waals surface area contributed by atoms with Gasteiger partial charge in [-0.2, -0.15) is 0 Å². The Morgan fingerprint density at radius 1 is 1.06 bits per heavy atom. The number of hydrogen-bond donors (Lipinski definition) is 3. The van der Waals surface area contributed by atoms with E-state index in [2.05, 4.69) is 5.32 Å². The number of nitrogens with zero attached hydrogens (tertiary/aromatic N) is 1. The average molecular weight is 487 g/mol. The van der Waals surface area contributed by atoms with E-state index in [-0.39, 0.29) is 43.4 Å². The lowest BCUT2D eigenvalue weighted by Gasteiger charge is -2.34. The highest BCUT2D eigenvalue weighted by Crippen LogP contribution is 2.25. The van der Waals surface area contributed by atoms with Gasteiger partial charge >= 0.3 is 11.9 Å². The van der Waals surface area contributed by atoms with Crippen LogP contribution in [0.15, 0.2) is 41.8 Å². The van der Waals surface area contributed by atoms with Crippen molar-refractivity contribution in [1.29, 1.82) is 0 Å². The maximum absolute atomic E-state index is 13.1. The molecule has 2 aromatic rings. The van der Waals surface area contributed by atoms with Crippen LogP contribution in [0.3, 0.4) is 0 Å². The number of hydrogen-bond acceptors (Lipinski definition) is 5. The molecule has 0 aliphatic carbocycles. The van der Waals surface area contributed by atoms with Crippen LogP contribution >= 0.6 is 11.3 Å². The number of nitrogens with one attached hydrogen (secondary N) is 1. The van der Waals surface area contributed by atoms with E-state index in [1.54, 1.807) is 16.2 Å². The third kappa shape index (κ3) is 7.69. The molecule has 0 saturated carbocycles. The van der Waals surface area contributed by atoms with Crippen LogP contribution in [0.1, 0.15) is 44.1 Å². The van der Waals surface area contributed by atoms with Gasteiger partial charge in [0.25, 0.3) is 0 Å². The Kier molecular flexibility index (Phi) is 9.21. The molecule has 182 valence electrons. The molecule has 1 saturated heterocycles. The molecule has 1 aromatic heterocycles. The molecule has 34 heavy (non-hydrogen) atoms. The van der Waals surface area contributed by atoms with Gasteiger partial charge in [0.1, 0.15) is 6.04 Å². The van der Waals surface area contributed by atoms with Crippen molar-refractivity contribution in [1.82, 2.24) is 10.2 Å². The lowest BCUT2D eigenvalue weighted by Crippen LogP contribution is -2.51. The second-order valence-electron chi connectivity index (χ2n) is 8.62. The predicted molar refractivity (Wildman–Crippen MR) is 128 cm³/mol. The topological polar surface area (TPSA) is 124 Å². The second-order valence-corrected chi connectivity index (χ2v) is 9.56. The molecule has 1 fully saturated rings. The Hall–Kier alpha value is -3.20. The van der Waals surface area contributed by atoms with Crippen LogP contribution in [0.4, 0.5) is 0 Å². The lowest BCUT2D eigenvalue weighted by atomic mass is 9.94. The first-order valence-electron chi connectivity index (χ1n) is 11.5. The zero-order chi connectivity index (χ0) is 24.5. The fraction of sp³-hybridized carbons (Fsp3) is 0.440. The number of carboxylic acid groups (broad SMARTS) is 2. The minimum Gasteiger partial charge on any atom is -0.481 e. The Morgan fingerprint density at radius 2 is 1.82 bits per heavy atom. The smallest absolute Gasteiger partial charge is 0.303 e. The molecule has 2 atom stereocenters. The van der Waals surface area contributed by atoms with Crippen molar-refractivity contribution in [2.75, 3.05) is 13.1 Å². The predicted octanol–water partition coefficient (Wildman–Crippen LogP) is 3.41. The van der Waals surface area contributed by atoms with E-state index < -0.39 is 18.0 Å². The number of carboxylic acids is 2.